The van der Waals surface area contributed by atoms with E-state index < -0.39 is 0 Å². The zero-order valence-electron chi connectivity index (χ0n) is 5.76. The van der Waals surface area contributed by atoms with Crippen LogP contribution in [-0.4, -0.2) is 6.26 Å². The first-order valence-corrected chi connectivity index (χ1v) is 5.02. The molecule has 0 radical (unpaired) electrons. The van der Waals surface area contributed by atoms with Gasteiger partial charge in [0.15, 0.2) is 0 Å². The molecule has 0 saturated carbocycles. The van der Waals surface area contributed by atoms with Crippen LogP contribution in [0.1, 0.15) is 4.88 Å². The molecule has 0 aromatic carbocycles. The van der Waals surface area contributed by atoms with Gasteiger partial charge in [0.25, 0.3) is 0 Å². The van der Waals surface area contributed by atoms with E-state index in [4.69, 9.17) is 6.42 Å². The second kappa shape index (κ2) is 3.70. The molecule has 0 bridgehead atoms. The molecular formula is C8H8S2. The molecule has 1 aromatic heterocycles. The van der Waals surface area contributed by atoms with E-state index in [0.29, 0.717) is 0 Å². The van der Waals surface area contributed by atoms with Gasteiger partial charge in [0, 0.05) is 16.2 Å². The van der Waals surface area contributed by atoms with E-state index in [1.165, 1.54) is 9.77 Å². The van der Waals surface area contributed by atoms with Gasteiger partial charge in [0.1, 0.15) is 0 Å². The van der Waals surface area contributed by atoms with Crippen LogP contribution in [0.25, 0.3) is 0 Å². The summed E-state index contributed by atoms with van der Waals surface area (Å²) in [5, 5.41) is 2.08. The fourth-order valence-electron chi connectivity index (χ4n) is 0.732. The minimum atomic E-state index is 0.772. The van der Waals surface area contributed by atoms with Gasteiger partial charge in [-0.15, -0.1) is 35.4 Å². The summed E-state index contributed by atoms with van der Waals surface area (Å²) >= 11 is 3.49. The summed E-state index contributed by atoms with van der Waals surface area (Å²) in [5.74, 6) is 2.64. The van der Waals surface area contributed by atoms with Crippen LogP contribution in [0.15, 0.2) is 16.3 Å². The van der Waals surface area contributed by atoms with Crippen molar-refractivity contribution < 1.29 is 0 Å². The Morgan fingerprint density at radius 2 is 2.60 bits per heavy atom. The highest BCUT2D eigenvalue weighted by Gasteiger charge is 1.99. The Morgan fingerprint density at radius 1 is 1.80 bits per heavy atom. The predicted octanol–water partition coefficient (Wildman–Crippen LogP) is 2.65. The molecule has 0 N–H and O–H groups in total. The van der Waals surface area contributed by atoms with Crippen LogP contribution >= 0.6 is 23.1 Å². The molecule has 0 spiro atoms. The van der Waals surface area contributed by atoms with Gasteiger partial charge in [-0.25, -0.2) is 0 Å². The fourth-order valence-corrected chi connectivity index (χ4v) is 2.44. The van der Waals surface area contributed by atoms with Crippen molar-refractivity contribution in [2.75, 3.05) is 6.26 Å². The predicted molar refractivity (Wildman–Crippen MR) is 48.6 cm³/mol. The first-order valence-electron chi connectivity index (χ1n) is 2.92. The number of terminal acetylenes is 1. The minimum Gasteiger partial charge on any atom is -0.147 e. The molecule has 1 aromatic rings. The SMILES string of the molecule is C#CCc1sccc1SC. The Morgan fingerprint density at radius 3 is 3.20 bits per heavy atom. The van der Waals surface area contributed by atoms with Crippen LogP contribution in [0.3, 0.4) is 0 Å². The summed E-state index contributed by atoms with van der Waals surface area (Å²) in [6, 6.07) is 2.11. The number of hydrogen-bond acceptors (Lipinski definition) is 2. The van der Waals surface area contributed by atoms with Crippen LogP contribution in [-0.2, 0) is 6.42 Å². The summed E-state index contributed by atoms with van der Waals surface area (Å²) in [7, 11) is 0. The van der Waals surface area contributed by atoms with E-state index in [-0.39, 0.29) is 0 Å². The zero-order valence-corrected chi connectivity index (χ0v) is 7.39. The van der Waals surface area contributed by atoms with E-state index in [1.54, 1.807) is 23.1 Å². The van der Waals surface area contributed by atoms with Crippen molar-refractivity contribution in [3.05, 3.63) is 16.3 Å². The molecule has 0 fully saturated rings. The second-order valence-electron chi connectivity index (χ2n) is 1.79. The third kappa shape index (κ3) is 1.56. The molecule has 0 aliphatic heterocycles. The van der Waals surface area contributed by atoms with Crippen LogP contribution < -0.4 is 0 Å². The van der Waals surface area contributed by atoms with Gasteiger partial charge in [-0.3, -0.25) is 0 Å². The molecule has 0 atom stereocenters. The Bertz CT molecular complexity index is 242. The minimum absolute atomic E-state index is 0.772. The van der Waals surface area contributed by atoms with Gasteiger partial charge in [0.05, 0.1) is 0 Å². The topological polar surface area (TPSA) is 0 Å². The monoisotopic (exact) mass is 168 g/mol. The summed E-state index contributed by atoms with van der Waals surface area (Å²) < 4.78 is 0. The van der Waals surface area contributed by atoms with Crippen molar-refractivity contribution in [2.24, 2.45) is 0 Å². The Labute approximate surface area is 69.7 Å². The maximum Gasteiger partial charge on any atom is 0.0443 e. The Balaban J connectivity index is 2.82. The van der Waals surface area contributed by atoms with E-state index in [0.717, 1.165) is 6.42 Å². The molecule has 0 amide bonds. The summed E-state index contributed by atoms with van der Waals surface area (Å²) in [6.45, 7) is 0. The van der Waals surface area contributed by atoms with Crippen LogP contribution in [0.4, 0.5) is 0 Å². The molecular weight excluding hydrogens is 160 g/mol. The second-order valence-corrected chi connectivity index (χ2v) is 3.64. The van der Waals surface area contributed by atoms with Crippen molar-refractivity contribution in [3.8, 4) is 12.3 Å². The quantitative estimate of drug-likeness (QED) is 0.483. The highest BCUT2D eigenvalue weighted by atomic mass is 32.2. The maximum absolute atomic E-state index is 5.19. The Hall–Kier alpha value is -0.390. The number of hydrogen-bond donors (Lipinski definition) is 0. The molecule has 10 heavy (non-hydrogen) atoms. The molecule has 1 rings (SSSR count). The molecule has 0 saturated heterocycles. The van der Waals surface area contributed by atoms with Crippen molar-refractivity contribution in [2.45, 2.75) is 11.3 Å². The lowest BCUT2D eigenvalue weighted by atomic mass is 10.4. The maximum atomic E-state index is 5.19. The largest absolute Gasteiger partial charge is 0.147 e. The third-order valence-electron chi connectivity index (χ3n) is 1.19. The van der Waals surface area contributed by atoms with Crippen molar-refractivity contribution in [1.82, 2.24) is 0 Å². The van der Waals surface area contributed by atoms with Crippen LogP contribution in [0.5, 0.6) is 0 Å². The first-order chi connectivity index (χ1) is 4.88. The lowest BCUT2D eigenvalue weighted by molar-refractivity contribution is 1.30. The first kappa shape index (κ1) is 7.71. The Kier molecular flexibility index (Phi) is 2.85. The zero-order chi connectivity index (χ0) is 7.40. The van der Waals surface area contributed by atoms with E-state index in [1.807, 2.05) is 0 Å². The molecule has 0 nitrogen and oxygen atoms in total. The average molecular weight is 168 g/mol. The van der Waals surface area contributed by atoms with Gasteiger partial charge >= 0.3 is 0 Å². The third-order valence-corrected chi connectivity index (χ3v) is 3.06. The molecule has 0 aliphatic rings. The van der Waals surface area contributed by atoms with Crippen molar-refractivity contribution in [1.29, 1.82) is 0 Å². The number of thiophene rings is 1. The van der Waals surface area contributed by atoms with E-state index in [2.05, 4.69) is 23.6 Å². The molecule has 2 heteroatoms. The van der Waals surface area contributed by atoms with Gasteiger partial charge in [-0.1, -0.05) is 0 Å². The van der Waals surface area contributed by atoms with Gasteiger partial charge in [-0.2, -0.15) is 0 Å². The normalized spacial score (nSPS) is 9.20. The molecule has 1 heterocycles. The van der Waals surface area contributed by atoms with Gasteiger partial charge in [-0.05, 0) is 17.7 Å². The lowest BCUT2D eigenvalue weighted by Gasteiger charge is -1.92. The highest BCUT2D eigenvalue weighted by molar-refractivity contribution is 7.98. The summed E-state index contributed by atoms with van der Waals surface area (Å²) in [6.07, 6.45) is 8.03. The van der Waals surface area contributed by atoms with Crippen molar-refractivity contribution in [3.63, 3.8) is 0 Å². The molecule has 0 aliphatic carbocycles. The molecule has 0 unspecified atom stereocenters. The highest BCUT2D eigenvalue weighted by Crippen LogP contribution is 2.25. The average Bonchev–Trinajstić information content (AvgIpc) is 2.36. The van der Waals surface area contributed by atoms with E-state index >= 15 is 0 Å². The fraction of sp³-hybridized carbons (Fsp3) is 0.250. The standard InChI is InChI=1S/C8H8S2/c1-3-4-8-7(9-2)5-6-10-8/h1,5-6H,4H2,2H3. The van der Waals surface area contributed by atoms with Crippen LogP contribution in [0, 0.1) is 12.3 Å². The number of thioether (sulfide) groups is 1. The summed E-state index contributed by atoms with van der Waals surface area (Å²) in [5.41, 5.74) is 0. The smallest absolute Gasteiger partial charge is 0.0443 e. The van der Waals surface area contributed by atoms with Crippen molar-refractivity contribution >= 4 is 23.1 Å². The van der Waals surface area contributed by atoms with Gasteiger partial charge in [0.2, 0.25) is 0 Å². The lowest BCUT2D eigenvalue weighted by Crippen LogP contribution is -1.75. The van der Waals surface area contributed by atoms with Gasteiger partial charge < -0.3 is 0 Å². The number of rotatable bonds is 2. The summed E-state index contributed by atoms with van der Waals surface area (Å²) in [4.78, 5) is 2.64. The molecule has 52 valence electrons. The van der Waals surface area contributed by atoms with Crippen LogP contribution in [0.2, 0.25) is 0 Å². The van der Waals surface area contributed by atoms with E-state index in [9.17, 15) is 0 Å².